The molecule has 1 aromatic carbocycles. The van der Waals surface area contributed by atoms with Crippen LogP contribution < -0.4 is 5.32 Å². The smallest absolute Gasteiger partial charge is 0.246 e. The maximum absolute atomic E-state index is 11.3. The number of nitrogens with zero attached hydrogens (tertiary/aromatic N) is 3. The van der Waals surface area contributed by atoms with Crippen molar-refractivity contribution in [2.24, 2.45) is 0 Å². The zero-order chi connectivity index (χ0) is 22.6. The van der Waals surface area contributed by atoms with Gasteiger partial charge in [0.05, 0.1) is 5.69 Å². The maximum atomic E-state index is 11.3. The van der Waals surface area contributed by atoms with Crippen LogP contribution in [0.25, 0.3) is 0 Å². The molecule has 0 radical (unpaired) electrons. The summed E-state index contributed by atoms with van der Waals surface area (Å²) in [6, 6.07) is 4.09. The molecule has 0 aromatic heterocycles. The molecule has 3 aliphatic rings. The number of phenolic OH excluding ortho intramolecular Hbond substituents is 1. The van der Waals surface area contributed by atoms with E-state index in [-0.39, 0.29) is 17.1 Å². The minimum Gasteiger partial charge on any atom is -0.506 e. The van der Waals surface area contributed by atoms with Crippen LogP contribution in [0.15, 0.2) is 24.8 Å². The van der Waals surface area contributed by atoms with Crippen LogP contribution in [-0.2, 0) is 15.0 Å². The standard InChI is InChI=1S/C12H16ClNO.C11H17N3O2/c1-3-14-10-6-8(12(2)4-5-12)9(13)7-11(10)15;1-2-11(16)14-7-10(8-14)13-5-3-12(9-15)4-6-13/h6-7,14-15H,3-5H2,1-2H3;2,9-10H,1,3-8H2. The minimum absolute atomic E-state index is 0.0165. The zero-order valence-corrected chi connectivity index (χ0v) is 19.2. The van der Waals surface area contributed by atoms with Crippen molar-refractivity contribution in [3.63, 3.8) is 0 Å². The Kier molecular flexibility index (Phi) is 7.49. The van der Waals surface area contributed by atoms with E-state index in [9.17, 15) is 14.7 Å². The summed E-state index contributed by atoms with van der Waals surface area (Å²) in [5.41, 5.74) is 2.16. The normalized spacial score (nSPS) is 20.2. The van der Waals surface area contributed by atoms with E-state index in [4.69, 9.17) is 11.6 Å². The highest BCUT2D eigenvalue weighted by molar-refractivity contribution is 6.31. The van der Waals surface area contributed by atoms with Crippen LogP contribution >= 0.6 is 11.6 Å². The monoisotopic (exact) mass is 448 g/mol. The van der Waals surface area contributed by atoms with E-state index in [0.717, 1.165) is 63.5 Å². The van der Waals surface area contributed by atoms with Gasteiger partial charge in [0.2, 0.25) is 12.3 Å². The highest BCUT2D eigenvalue weighted by Crippen LogP contribution is 2.51. The number of carbonyl (C=O) groups excluding carboxylic acids is 2. The number of anilines is 1. The molecule has 1 aliphatic carbocycles. The number of piperazine rings is 1. The predicted molar refractivity (Wildman–Crippen MR) is 124 cm³/mol. The van der Waals surface area contributed by atoms with E-state index in [0.29, 0.717) is 11.1 Å². The second-order valence-corrected chi connectivity index (χ2v) is 9.13. The lowest BCUT2D eigenvalue weighted by Gasteiger charge is -2.47. The molecule has 2 heterocycles. The number of nitrogens with one attached hydrogen (secondary N) is 1. The summed E-state index contributed by atoms with van der Waals surface area (Å²) in [6.45, 7) is 13.5. The van der Waals surface area contributed by atoms with Gasteiger partial charge in [-0.15, -0.1) is 0 Å². The van der Waals surface area contributed by atoms with E-state index >= 15 is 0 Å². The van der Waals surface area contributed by atoms with Gasteiger partial charge < -0.3 is 20.2 Å². The molecule has 4 rings (SSSR count). The van der Waals surface area contributed by atoms with Crippen LogP contribution in [0.5, 0.6) is 5.75 Å². The summed E-state index contributed by atoms with van der Waals surface area (Å²) in [4.78, 5) is 27.7. The molecule has 0 unspecified atom stereocenters. The lowest BCUT2D eigenvalue weighted by molar-refractivity contribution is -0.134. The predicted octanol–water partition coefficient (Wildman–Crippen LogP) is 2.69. The van der Waals surface area contributed by atoms with Gasteiger partial charge in [0, 0.05) is 62.9 Å². The molecular weight excluding hydrogens is 416 g/mol. The molecule has 0 atom stereocenters. The number of aromatic hydroxyl groups is 1. The van der Waals surface area contributed by atoms with Gasteiger partial charge in [-0.2, -0.15) is 0 Å². The number of halogens is 1. The van der Waals surface area contributed by atoms with Crippen molar-refractivity contribution < 1.29 is 14.7 Å². The first-order valence-corrected chi connectivity index (χ1v) is 11.3. The van der Waals surface area contributed by atoms with Gasteiger partial charge in [0.15, 0.2) is 0 Å². The van der Waals surface area contributed by atoms with Gasteiger partial charge >= 0.3 is 0 Å². The van der Waals surface area contributed by atoms with Crippen molar-refractivity contribution in [2.45, 2.75) is 38.1 Å². The number of likely N-dealkylation sites (tertiary alicyclic amines) is 1. The van der Waals surface area contributed by atoms with Crippen molar-refractivity contribution >= 4 is 29.6 Å². The number of carbonyl (C=O) groups is 2. The number of phenols is 1. The second kappa shape index (κ2) is 9.92. The van der Waals surface area contributed by atoms with Gasteiger partial charge in [-0.05, 0) is 42.9 Å². The number of rotatable bonds is 6. The van der Waals surface area contributed by atoms with Crippen molar-refractivity contribution in [3.8, 4) is 5.75 Å². The third kappa shape index (κ3) is 5.52. The molecule has 2 N–H and O–H groups in total. The molecule has 170 valence electrons. The third-order valence-corrected chi connectivity index (χ3v) is 6.78. The quantitative estimate of drug-likeness (QED) is 0.397. The topological polar surface area (TPSA) is 76.1 Å². The number of amides is 2. The first-order valence-electron chi connectivity index (χ1n) is 10.9. The Bertz CT molecular complexity index is 813. The Morgan fingerprint density at radius 1 is 1.29 bits per heavy atom. The van der Waals surface area contributed by atoms with E-state index in [1.54, 1.807) is 15.9 Å². The minimum atomic E-state index is 0.0165. The molecule has 0 spiro atoms. The van der Waals surface area contributed by atoms with Gasteiger partial charge in [-0.1, -0.05) is 25.1 Å². The summed E-state index contributed by atoms with van der Waals surface area (Å²) < 4.78 is 0. The van der Waals surface area contributed by atoms with E-state index in [2.05, 4.69) is 23.7 Å². The van der Waals surface area contributed by atoms with Crippen molar-refractivity contribution in [3.05, 3.63) is 35.4 Å². The Morgan fingerprint density at radius 3 is 2.45 bits per heavy atom. The van der Waals surface area contributed by atoms with Crippen molar-refractivity contribution in [1.82, 2.24) is 14.7 Å². The van der Waals surface area contributed by atoms with Crippen LogP contribution in [0.1, 0.15) is 32.3 Å². The first-order chi connectivity index (χ1) is 14.8. The molecular formula is C23H33ClN4O3. The molecule has 2 saturated heterocycles. The number of hydrogen-bond donors (Lipinski definition) is 2. The van der Waals surface area contributed by atoms with Crippen LogP contribution in [0.4, 0.5) is 5.69 Å². The molecule has 2 aliphatic heterocycles. The van der Waals surface area contributed by atoms with Crippen molar-refractivity contribution in [1.29, 1.82) is 0 Å². The van der Waals surface area contributed by atoms with Gasteiger partial charge in [-0.25, -0.2) is 0 Å². The second-order valence-electron chi connectivity index (χ2n) is 8.72. The maximum Gasteiger partial charge on any atom is 0.246 e. The molecule has 7 nitrogen and oxygen atoms in total. The van der Waals surface area contributed by atoms with Gasteiger partial charge in [0.25, 0.3) is 0 Å². The lowest BCUT2D eigenvalue weighted by atomic mass is 9.97. The third-order valence-electron chi connectivity index (χ3n) is 6.47. The molecule has 0 bridgehead atoms. The highest BCUT2D eigenvalue weighted by atomic mass is 35.5. The molecule has 1 saturated carbocycles. The fraction of sp³-hybridized carbons (Fsp3) is 0.565. The average Bonchev–Trinajstić information content (AvgIpc) is 3.48. The van der Waals surface area contributed by atoms with E-state index in [1.165, 1.54) is 18.9 Å². The Morgan fingerprint density at radius 2 is 1.94 bits per heavy atom. The van der Waals surface area contributed by atoms with Crippen LogP contribution in [0, 0.1) is 0 Å². The summed E-state index contributed by atoms with van der Waals surface area (Å²) in [7, 11) is 0. The summed E-state index contributed by atoms with van der Waals surface area (Å²) >= 11 is 6.14. The largest absolute Gasteiger partial charge is 0.506 e. The molecule has 1 aromatic rings. The Balaban J connectivity index is 0.000000176. The summed E-state index contributed by atoms with van der Waals surface area (Å²) in [5.74, 6) is 0.248. The Labute approximate surface area is 189 Å². The number of benzene rings is 1. The van der Waals surface area contributed by atoms with Crippen molar-refractivity contribution in [2.75, 3.05) is 51.1 Å². The van der Waals surface area contributed by atoms with Gasteiger partial charge in [0.1, 0.15) is 5.75 Å². The summed E-state index contributed by atoms with van der Waals surface area (Å²) in [5, 5.41) is 13.5. The SMILES string of the molecule is C=CC(=O)N1CC(N2CCN(C=O)CC2)C1.CCNc1cc(C2(C)CC2)c(Cl)cc1O. The van der Waals surface area contributed by atoms with Crippen LogP contribution in [-0.4, -0.2) is 84.0 Å². The van der Waals surface area contributed by atoms with E-state index < -0.39 is 0 Å². The molecule has 8 heteroatoms. The fourth-order valence-corrected chi connectivity index (χ4v) is 4.40. The fourth-order valence-electron chi connectivity index (χ4n) is 4.02. The highest BCUT2D eigenvalue weighted by Gasteiger charge is 2.41. The Hall–Kier alpha value is -2.25. The van der Waals surface area contributed by atoms with Crippen LogP contribution in [0.3, 0.4) is 0 Å². The summed E-state index contributed by atoms with van der Waals surface area (Å²) in [6.07, 6.45) is 4.64. The number of hydrogen-bond acceptors (Lipinski definition) is 5. The molecule has 2 amide bonds. The van der Waals surface area contributed by atoms with Crippen LogP contribution in [0.2, 0.25) is 5.02 Å². The lowest BCUT2D eigenvalue weighted by Crippen LogP contribution is -2.63. The zero-order valence-electron chi connectivity index (χ0n) is 18.4. The molecule has 3 fully saturated rings. The first kappa shape index (κ1) is 23.4. The molecule has 31 heavy (non-hydrogen) atoms. The average molecular weight is 449 g/mol. The van der Waals surface area contributed by atoms with E-state index in [1.807, 2.05) is 13.0 Å². The van der Waals surface area contributed by atoms with Gasteiger partial charge in [-0.3, -0.25) is 14.5 Å².